The number of likely N-dealkylation sites (tertiary alicyclic amines) is 1. The van der Waals surface area contributed by atoms with E-state index >= 15 is 0 Å². The summed E-state index contributed by atoms with van der Waals surface area (Å²) in [5, 5.41) is 7.70. The van der Waals surface area contributed by atoms with E-state index < -0.39 is 0 Å². The molecule has 6 aliphatic rings. The first-order valence-electron chi connectivity index (χ1n) is 14.8. The SMILES string of the molecule is CC(=O)N1C[C@@H](C)C[C@H]2O[C@]3(CC[C@@H]4C(=C(C)C3)C[C@H]3[C@H]4CC[C@@H]4Cc5[nH]ncc5C[C@@]43C)[C@H](C)[C@@H]21. The number of piperidine rings is 1. The second-order valence-electron chi connectivity index (χ2n) is 14.1. The molecule has 0 radical (unpaired) electrons. The molecule has 1 spiro atoms. The summed E-state index contributed by atoms with van der Waals surface area (Å²) in [5.74, 6) is 4.31. The third-order valence-corrected chi connectivity index (χ3v) is 12.4. The number of amides is 1. The molecular weight excluding hydrogens is 446 g/mol. The number of nitrogens with zero attached hydrogens (tertiary/aromatic N) is 2. The summed E-state index contributed by atoms with van der Waals surface area (Å²) >= 11 is 0. The largest absolute Gasteiger partial charge is 0.369 e. The zero-order valence-corrected chi connectivity index (χ0v) is 23.0. The predicted octanol–water partition coefficient (Wildman–Crippen LogP) is 5.71. The molecule has 10 atom stereocenters. The molecule has 1 N–H and O–H groups in total. The minimum absolute atomic E-state index is 0.0956. The predicted molar refractivity (Wildman–Crippen MR) is 140 cm³/mol. The van der Waals surface area contributed by atoms with Crippen molar-refractivity contribution in [3.63, 3.8) is 0 Å². The average Bonchev–Trinajstić information content (AvgIpc) is 3.47. The Bertz CT molecular complexity index is 1110. The van der Waals surface area contributed by atoms with Crippen molar-refractivity contribution in [3.05, 3.63) is 28.6 Å². The maximum atomic E-state index is 12.6. The number of ether oxygens (including phenoxy) is 1. The van der Waals surface area contributed by atoms with Crippen LogP contribution in [0.15, 0.2) is 17.3 Å². The number of rotatable bonds is 0. The highest BCUT2D eigenvalue weighted by molar-refractivity contribution is 5.74. The lowest BCUT2D eigenvalue weighted by molar-refractivity contribution is -0.137. The molecule has 5 heteroatoms. The molecule has 2 saturated carbocycles. The van der Waals surface area contributed by atoms with E-state index in [0.29, 0.717) is 17.3 Å². The van der Waals surface area contributed by atoms with E-state index in [9.17, 15) is 4.79 Å². The van der Waals surface area contributed by atoms with Crippen LogP contribution in [-0.4, -0.2) is 45.3 Å². The van der Waals surface area contributed by atoms with Gasteiger partial charge in [0.1, 0.15) is 0 Å². The van der Waals surface area contributed by atoms with Gasteiger partial charge in [-0.3, -0.25) is 9.89 Å². The first-order chi connectivity index (χ1) is 17.2. The van der Waals surface area contributed by atoms with E-state index in [4.69, 9.17) is 4.74 Å². The number of nitrogens with one attached hydrogen (secondary N) is 1. The van der Waals surface area contributed by atoms with Crippen molar-refractivity contribution in [2.24, 2.45) is 40.9 Å². The Hall–Kier alpha value is -1.62. The fourth-order valence-electron chi connectivity index (χ4n) is 10.6. The zero-order valence-electron chi connectivity index (χ0n) is 23.0. The molecule has 0 aromatic carbocycles. The number of allylic oxidation sites excluding steroid dienone is 1. The number of hydrogen-bond donors (Lipinski definition) is 1. The molecule has 0 unspecified atom stereocenters. The zero-order chi connectivity index (χ0) is 25.0. The van der Waals surface area contributed by atoms with Crippen LogP contribution in [0.4, 0.5) is 0 Å². The molecule has 3 heterocycles. The molecule has 1 aromatic heterocycles. The van der Waals surface area contributed by atoms with Crippen LogP contribution < -0.4 is 0 Å². The van der Waals surface area contributed by atoms with Gasteiger partial charge in [-0.1, -0.05) is 31.9 Å². The minimum Gasteiger partial charge on any atom is -0.369 e. The van der Waals surface area contributed by atoms with Crippen LogP contribution >= 0.6 is 0 Å². The fourth-order valence-corrected chi connectivity index (χ4v) is 10.6. The molecular formula is C31H45N3O2. The van der Waals surface area contributed by atoms with Crippen LogP contribution in [-0.2, 0) is 22.4 Å². The van der Waals surface area contributed by atoms with Crippen molar-refractivity contribution >= 4 is 5.91 Å². The molecule has 196 valence electrons. The first-order valence-corrected chi connectivity index (χ1v) is 14.8. The summed E-state index contributed by atoms with van der Waals surface area (Å²) in [6.45, 7) is 12.4. The normalized spacial score (nSPS) is 47.6. The number of fused-ring (bicyclic) bond motifs is 7. The van der Waals surface area contributed by atoms with Crippen LogP contribution in [0.25, 0.3) is 0 Å². The standard InChI is InChI=1S/C31H45N3O2/c1-17-10-28-29(34(16-17)20(4)35)19(3)31(36-28)9-8-23-24-7-6-22-11-27-21(15-32-33-27)14-30(22,5)26(24)12-25(23)18(2)13-31/h15,17,19,22-24,26,28-29H,6-14,16H2,1-5H3,(H,32,33)/t17-,19+,22+,23-,24-,26-,28+,29-,30-,31-/m0/s1. The molecule has 0 bridgehead atoms. The summed E-state index contributed by atoms with van der Waals surface area (Å²) in [5.41, 5.74) is 6.61. The second kappa shape index (κ2) is 7.94. The van der Waals surface area contributed by atoms with Crippen molar-refractivity contribution in [1.29, 1.82) is 0 Å². The third-order valence-electron chi connectivity index (χ3n) is 12.4. The van der Waals surface area contributed by atoms with Crippen molar-refractivity contribution in [2.45, 2.75) is 110 Å². The van der Waals surface area contributed by atoms with Crippen molar-refractivity contribution in [1.82, 2.24) is 15.1 Å². The van der Waals surface area contributed by atoms with E-state index in [1.54, 1.807) is 18.1 Å². The van der Waals surface area contributed by atoms with E-state index in [1.807, 2.05) is 0 Å². The van der Waals surface area contributed by atoms with Gasteiger partial charge in [0.2, 0.25) is 5.91 Å². The highest BCUT2D eigenvalue weighted by Gasteiger charge is 2.60. The van der Waals surface area contributed by atoms with E-state index in [0.717, 1.165) is 49.5 Å². The molecule has 4 aliphatic carbocycles. The molecule has 36 heavy (non-hydrogen) atoms. The van der Waals surface area contributed by atoms with Gasteiger partial charge in [0.25, 0.3) is 0 Å². The Balaban J connectivity index is 1.18. The molecule has 1 amide bonds. The molecule has 4 fully saturated rings. The van der Waals surface area contributed by atoms with E-state index in [1.165, 1.54) is 49.8 Å². The van der Waals surface area contributed by atoms with Crippen LogP contribution in [0.2, 0.25) is 0 Å². The van der Waals surface area contributed by atoms with Gasteiger partial charge in [-0.15, -0.1) is 0 Å². The van der Waals surface area contributed by atoms with Crippen LogP contribution in [0.3, 0.4) is 0 Å². The lowest BCUT2D eigenvalue weighted by Crippen LogP contribution is -2.53. The number of H-pyrrole nitrogens is 1. The lowest BCUT2D eigenvalue weighted by atomic mass is 9.52. The Morgan fingerprint density at radius 2 is 2.03 bits per heavy atom. The first kappa shape index (κ1) is 23.5. The van der Waals surface area contributed by atoms with Gasteiger partial charge < -0.3 is 9.64 Å². The van der Waals surface area contributed by atoms with Gasteiger partial charge in [-0.2, -0.15) is 5.10 Å². The van der Waals surface area contributed by atoms with Crippen LogP contribution in [0.5, 0.6) is 0 Å². The summed E-state index contributed by atoms with van der Waals surface area (Å²) in [7, 11) is 0. The van der Waals surface area contributed by atoms with Crippen molar-refractivity contribution < 1.29 is 9.53 Å². The quantitative estimate of drug-likeness (QED) is 0.473. The average molecular weight is 492 g/mol. The fraction of sp³-hybridized carbons (Fsp3) is 0.806. The van der Waals surface area contributed by atoms with Gasteiger partial charge in [0.05, 0.1) is 23.9 Å². The van der Waals surface area contributed by atoms with Gasteiger partial charge in [-0.05, 0) is 105 Å². The Morgan fingerprint density at radius 3 is 2.83 bits per heavy atom. The van der Waals surface area contributed by atoms with Crippen LogP contribution in [0, 0.1) is 40.9 Å². The molecule has 2 saturated heterocycles. The minimum atomic E-state index is -0.0956. The number of hydrogen-bond acceptors (Lipinski definition) is 3. The highest BCUT2D eigenvalue weighted by Crippen LogP contribution is 2.64. The number of carbonyl (C=O) groups excluding carboxylic acids is 1. The van der Waals surface area contributed by atoms with Crippen molar-refractivity contribution in [3.8, 4) is 0 Å². The van der Waals surface area contributed by atoms with Crippen LogP contribution in [0.1, 0.15) is 90.8 Å². The van der Waals surface area contributed by atoms with E-state index in [-0.39, 0.29) is 23.7 Å². The maximum absolute atomic E-state index is 12.6. The number of carbonyl (C=O) groups is 1. The molecule has 5 nitrogen and oxygen atoms in total. The summed E-state index contributed by atoms with van der Waals surface area (Å²) in [6, 6.07) is 0.253. The highest BCUT2D eigenvalue weighted by atomic mass is 16.5. The monoisotopic (exact) mass is 491 g/mol. The number of aromatic nitrogens is 2. The third kappa shape index (κ3) is 3.16. The Morgan fingerprint density at radius 1 is 1.19 bits per heavy atom. The Kier molecular flexibility index (Phi) is 5.18. The smallest absolute Gasteiger partial charge is 0.219 e. The summed E-state index contributed by atoms with van der Waals surface area (Å²) < 4.78 is 7.11. The number of aromatic amines is 1. The molecule has 2 aliphatic heterocycles. The van der Waals surface area contributed by atoms with Gasteiger partial charge in [-0.25, -0.2) is 0 Å². The second-order valence-corrected chi connectivity index (χ2v) is 14.1. The summed E-state index contributed by atoms with van der Waals surface area (Å²) in [4.78, 5) is 14.8. The maximum Gasteiger partial charge on any atom is 0.219 e. The molecule has 1 aromatic rings. The lowest BCUT2D eigenvalue weighted by Gasteiger charge is -2.52. The molecule has 7 rings (SSSR count). The van der Waals surface area contributed by atoms with Crippen molar-refractivity contribution in [2.75, 3.05) is 6.54 Å². The summed E-state index contributed by atoms with van der Waals surface area (Å²) in [6.07, 6.45) is 13.4. The van der Waals surface area contributed by atoms with Gasteiger partial charge in [0, 0.05) is 25.1 Å². The Labute approximate surface area is 216 Å². The van der Waals surface area contributed by atoms with Gasteiger partial charge >= 0.3 is 0 Å². The van der Waals surface area contributed by atoms with Gasteiger partial charge in [0.15, 0.2) is 0 Å². The topological polar surface area (TPSA) is 58.2 Å². The van der Waals surface area contributed by atoms with E-state index in [2.05, 4.69) is 49.0 Å².